The molecule has 0 spiro atoms. The van der Waals surface area contributed by atoms with Gasteiger partial charge in [-0.2, -0.15) is 13.2 Å². The summed E-state index contributed by atoms with van der Waals surface area (Å²) in [6, 6.07) is 2.51. The van der Waals surface area contributed by atoms with E-state index in [9.17, 15) is 18.0 Å². The van der Waals surface area contributed by atoms with E-state index in [0.717, 1.165) is 12.1 Å². The molecule has 0 unspecified atom stereocenters. The molecule has 0 atom stereocenters. The zero-order valence-electron chi connectivity index (χ0n) is 8.21. The van der Waals surface area contributed by atoms with Crippen molar-refractivity contribution in [3.05, 3.63) is 29.3 Å². The molecule has 4 nitrogen and oxygen atoms in total. The maximum absolute atomic E-state index is 12.6. The van der Waals surface area contributed by atoms with Gasteiger partial charge in [0.1, 0.15) is 0 Å². The van der Waals surface area contributed by atoms with Gasteiger partial charge in [-0.05, 0) is 30.4 Å². The summed E-state index contributed by atoms with van der Waals surface area (Å²) in [6.07, 6.45) is -4.70. The lowest BCUT2D eigenvalue weighted by molar-refractivity contribution is -0.136. The monoisotopic (exact) mass is 264 g/mol. The summed E-state index contributed by atoms with van der Waals surface area (Å²) in [4.78, 5) is 10.6. The van der Waals surface area contributed by atoms with Crippen LogP contribution in [-0.4, -0.2) is 16.2 Å². The SMILES string of the molecule is NC(=S)Nc1ccc(C(=O)O)cc1C(F)(F)F. The summed E-state index contributed by atoms with van der Waals surface area (Å²) in [5.41, 5.74) is 3.09. The van der Waals surface area contributed by atoms with E-state index >= 15 is 0 Å². The molecule has 17 heavy (non-hydrogen) atoms. The van der Waals surface area contributed by atoms with E-state index in [4.69, 9.17) is 10.8 Å². The Bertz CT molecular complexity index is 474. The second-order valence-corrected chi connectivity index (χ2v) is 3.49. The van der Waals surface area contributed by atoms with Crippen molar-refractivity contribution < 1.29 is 23.1 Å². The van der Waals surface area contributed by atoms with Gasteiger partial charge < -0.3 is 16.2 Å². The second kappa shape index (κ2) is 4.58. The number of thiocarbonyl (C=S) groups is 1. The quantitative estimate of drug-likeness (QED) is 0.713. The molecule has 0 aromatic heterocycles. The van der Waals surface area contributed by atoms with Crippen molar-refractivity contribution in [3.63, 3.8) is 0 Å². The maximum Gasteiger partial charge on any atom is 0.418 e. The highest BCUT2D eigenvalue weighted by Gasteiger charge is 2.34. The molecule has 0 heterocycles. The summed E-state index contributed by atoms with van der Waals surface area (Å²) in [5, 5.41) is 10.4. The molecule has 0 aliphatic rings. The van der Waals surface area contributed by atoms with Gasteiger partial charge in [-0.1, -0.05) is 0 Å². The Labute approximate surface area is 99.2 Å². The molecule has 4 N–H and O–H groups in total. The van der Waals surface area contributed by atoms with Crippen LogP contribution in [0, 0.1) is 0 Å². The number of benzene rings is 1. The lowest BCUT2D eigenvalue weighted by Crippen LogP contribution is -2.22. The van der Waals surface area contributed by atoms with Crippen LogP contribution in [0.5, 0.6) is 0 Å². The Hall–Kier alpha value is -1.83. The first-order valence-corrected chi connectivity index (χ1v) is 4.63. The van der Waals surface area contributed by atoms with Gasteiger partial charge >= 0.3 is 12.1 Å². The fourth-order valence-corrected chi connectivity index (χ4v) is 1.26. The number of hydrogen-bond acceptors (Lipinski definition) is 2. The average Bonchev–Trinajstić information content (AvgIpc) is 2.15. The molecular weight excluding hydrogens is 257 g/mol. The Morgan fingerprint density at radius 2 is 2.00 bits per heavy atom. The summed E-state index contributed by atoms with van der Waals surface area (Å²) < 4.78 is 37.9. The van der Waals surface area contributed by atoms with Gasteiger partial charge in [0.15, 0.2) is 5.11 Å². The van der Waals surface area contributed by atoms with Crippen LogP contribution in [0.2, 0.25) is 0 Å². The smallest absolute Gasteiger partial charge is 0.418 e. The number of carbonyl (C=O) groups is 1. The fourth-order valence-electron chi connectivity index (χ4n) is 1.15. The highest BCUT2D eigenvalue weighted by molar-refractivity contribution is 7.80. The van der Waals surface area contributed by atoms with Crippen molar-refractivity contribution in [1.82, 2.24) is 0 Å². The molecule has 0 fully saturated rings. The fraction of sp³-hybridized carbons (Fsp3) is 0.111. The number of aromatic carboxylic acids is 1. The lowest BCUT2D eigenvalue weighted by atomic mass is 10.1. The number of anilines is 1. The number of nitrogens with one attached hydrogen (secondary N) is 1. The number of hydrogen-bond donors (Lipinski definition) is 3. The van der Waals surface area contributed by atoms with E-state index in [1.807, 2.05) is 0 Å². The second-order valence-electron chi connectivity index (χ2n) is 3.05. The third kappa shape index (κ3) is 3.31. The molecule has 0 bridgehead atoms. The number of rotatable bonds is 2. The molecule has 1 rings (SSSR count). The van der Waals surface area contributed by atoms with Crippen LogP contribution in [0.3, 0.4) is 0 Å². The third-order valence-electron chi connectivity index (χ3n) is 1.83. The summed E-state index contributed by atoms with van der Waals surface area (Å²) in [5.74, 6) is -1.45. The number of carboxylic acids is 1. The van der Waals surface area contributed by atoms with Crippen molar-refractivity contribution in [1.29, 1.82) is 0 Å². The lowest BCUT2D eigenvalue weighted by Gasteiger charge is -2.14. The van der Waals surface area contributed by atoms with E-state index in [1.165, 1.54) is 0 Å². The molecule has 92 valence electrons. The Morgan fingerprint density at radius 3 is 2.41 bits per heavy atom. The molecule has 0 saturated heterocycles. The standard InChI is InChI=1S/C9H7F3N2O2S/c10-9(11,12)5-3-4(7(15)16)1-2-6(5)14-8(13)17/h1-3H,(H,15,16)(H3,13,14,17). The van der Waals surface area contributed by atoms with Gasteiger partial charge in [0.2, 0.25) is 0 Å². The van der Waals surface area contributed by atoms with Gasteiger partial charge in [-0.15, -0.1) is 0 Å². The van der Waals surface area contributed by atoms with Crippen molar-refractivity contribution in [2.45, 2.75) is 6.18 Å². The summed E-state index contributed by atoms with van der Waals surface area (Å²) in [7, 11) is 0. The first-order valence-electron chi connectivity index (χ1n) is 4.23. The van der Waals surface area contributed by atoms with Crippen LogP contribution in [0.4, 0.5) is 18.9 Å². The maximum atomic E-state index is 12.6. The van der Waals surface area contributed by atoms with Crippen LogP contribution in [0.15, 0.2) is 18.2 Å². The van der Waals surface area contributed by atoms with Crippen LogP contribution in [0.1, 0.15) is 15.9 Å². The van der Waals surface area contributed by atoms with E-state index in [-0.39, 0.29) is 10.8 Å². The summed E-state index contributed by atoms with van der Waals surface area (Å²) >= 11 is 4.43. The number of nitrogens with two attached hydrogens (primary N) is 1. The first kappa shape index (κ1) is 13.2. The largest absolute Gasteiger partial charge is 0.478 e. The topological polar surface area (TPSA) is 75.3 Å². The Balaban J connectivity index is 3.31. The summed E-state index contributed by atoms with van der Waals surface area (Å²) in [6.45, 7) is 0. The minimum absolute atomic E-state index is 0.335. The number of halogens is 3. The van der Waals surface area contributed by atoms with Gasteiger partial charge in [-0.25, -0.2) is 4.79 Å². The van der Waals surface area contributed by atoms with Crippen molar-refractivity contribution >= 4 is 29.0 Å². The van der Waals surface area contributed by atoms with Crippen LogP contribution in [-0.2, 0) is 6.18 Å². The van der Waals surface area contributed by atoms with E-state index < -0.39 is 23.3 Å². The van der Waals surface area contributed by atoms with E-state index in [0.29, 0.717) is 6.07 Å². The number of alkyl halides is 3. The molecular formula is C9H7F3N2O2S. The number of carboxylic acid groups (broad SMARTS) is 1. The van der Waals surface area contributed by atoms with E-state index in [1.54, 1.807) is 0 Å². The predicted octanol–water partition coefficient (Wildman–Crippen LogP) is 2.06. The van der Waals surface area contributed by atoms with Crippen LogP contribution in [0.25, 0.3) is 0 Å². The molecule has 0 radical (unpaired) electrons. The molecule has 1 aromatic rings. The minimum Gasteiger partial charge on any atom is -0.478 e. The van der Waals surface area contributed by atoms with Crippen LogP contribution < -0.4 is 11.1 Å². The molecule has 0 aliphatic heterocycles. The Morgan fingerprint density at radius 1 is 1.41 bits per heavy atom. The zero-order valence-corrected chi connectivity index (χ0v) is 9.02. The van der Waals surface area contributed by atoms with Crippen LogP contribution >= 0.6 is 12.2 Å². The highest BCUT2D eigenvalue weighted by Crippen LogP contribution is 2.35. The molecule has 8 heteroatoms. The van der Waals surface area contributed by atoms with Gasteiger partial charge in [0.25, 0.3) is 0 Å². The van der Waals surface area contributed by atoms with Gasteiger partial charge in [0.05, 0.1) is 16.8 Å². The normalized spacial score (nSPS) is 11.0. The average molecular weight is 264 g/mol. The molecule has 0 amide bonds. The first-order chi connectivity index (χ1) is 7.71. The van der Waals surface area contributed by atoms with Crippen molar-refractivity contribution in [2.24, 2.45) is 5.73 Å². The molecule has 0 aliphatic carbocycles. The highest BCUT2D eigenvalue weighted by atomic mass is 32.1. The van der Waals surface area contributed by atoms with Gasteiger partial charge in [0, 0.05) is 0 Å². The van der Waals surface area contributed by atoms with Crippen molar-refractivity contribution in [3.8, 4) is 0 Å². The zero-order chi connectivity index (χ0) is 13.2. The molecule has 0 saturated carbocycles. The molecule has 1 aromatic carbocycles. The van der Waals surface area contributed by atoms with E-state index in [2.05, 4.69) is 17.5 Å². The third-order valence-corrected chi connectivity index (χ3v) is 1.93. The minimum atomic E-state index is -4.70. The Kier molecular flexibility index (Phi) is 3.56. The predicted molar refractivity (Wildman–Crippen MR) is 58.8 cm³/mol. The van der Waals surface area contributed by atoms with Gasteiger partial charge in [-0.3, -0.25) is 0 Å². The van der Waals surface area contributed by atoms with Crippen molar-refractivity contribution in [2.75, 3.05) is 5.32 Å².